The van der Waals surface area contributed by atoms with Gasteiger partial charge in [0.05, 0.1) is 0 Å². The van der Waals surface area contributed by atoms with Crippen molar-refractivity contribution in [3.8, 4) is 0 Å². The normalized spacial score (nSPS) is 28.1. The van der Waals surface area contributed by atoms with E-state index in [1.807, 2.05) is 84.9 Å². The summed E-state index contributed by atoms with van der Waals surface area (Å²) >= 11 is 12.6. The summed E-state index contributed by atoms with van der Waals surface area (Å²) in [6, 6.07) is 31.2. The van der Waals surface area contributed by atoms with E-state index in [-0.39, 0.29) is 11.6 Å². The molecule has 3 aliphatic carbocycles. The zero-order chi connectivity index (χ0) is 23.2. The standard InChI is InChI=1S/C30H18Cl2O2/c31-19-13-9-17(10-14-19)29-23-7-3-1-5-21(23)27(33)25(29)26-28(34)22-6-2-4-8-24(22)30(26,29)18-11-15-20(32)16-12-18/h1-16,25-26H/t25-,26+,29+,30-. The molecule has 164 valence electrons. The molecule has 0 bridgehead atoms. The second-order valence-corrected chi connectivity index (χ2v) is 10.3. The van der Waals surface area contributed by atoms with Gasteiger partial charge in [0.1, 0.15) is 0 Å². The third-order valence-electron chi connectivity index (χ3n) is 8.29. The van der Waals surface area contributed by atoms with Gasteiger partial charge in [0.2, 0.25) is 0 Å². The third kappa shape index (κ3) is 2.07. The van der Waals surface area contributed by atoms with Gasteiger partial charge in [-0.15, -0.1) is 0 Å². The van der Waals surface area contributed by atoms with Crippen LogP contribution in [0.25, 0.3) is 0 Å². The lowest BCUT2D eigenvalue weighted by Crippen LogP contribution is -2.70. The van der Waals surface area contributed by atoms with E-state index in [1.165, 1.54) is 0 Å². The van der Waals surface area contributed by atoms with Crippen molar-refractivity contribution < 1.29 is 9.59 Å². The average molecular weight is 481 g/mol. The molecule has 0 heterocycles. The second kappa shape index (κ2) is 6.69. The van der Waals surface area contributed by atoms with Crippen LogP contribution in [0.4, 0.5) is 0 Å². The summed E-state index contributed by atoms with van der Waals surface area (Å²) in [7, 11) is 0. The first kappa shape index (κ1) is 20.2. The van der Waals surface area contributed by atoms with Crippen LogP contribution in [0, 0.1) is 11.8 Å². The Morgan fingerprint density at radius 2 is 0.853 bits per heavy atom. The van der Waals surface area contributed by atoms with Crippen LogP contribution in [0.15, 0.2) is 97.1 Å². The summed E-state index contributed by atoms with van der Waals surface area (Å²) in [6.45, 7) is 0. The maximum Gasteiger partial charge on any atom is 0.168 e. The topological polar surface area (TPSA) is 34.1 Å². The first-order valence-corrected chi connectivity index (χ1v) is 12.1. The number of benzene rings is 4. The summed E-state index contributed by atoms with van der Waals surface area (Å²) in [5.41, 5.74) is 3.89. The molecule has 0 aromatic heterocycles. The zero-order valence-corrected chi connectivity index (χ0v) is 19.5. The van der Waals surface area contributed by atoms with Gasteiger partial charge in [-0.2, -0.15) is 0 Å². The Bertz CT molecular complexity index is 1410. The maximum absolute atomic E-state index is 14.0. The molecule has 3 aliphatic rings. The van der Waals surface area contributed by atoms with Crippen molar-refractivity contribution >= 4 is 34.8 Å². The summed E-state index contributed by atoms with van der Waals surface area (Å²) in [5.74, 6) is -0.883. The van der Waals surface area contributed by atoms with Gasteiger partial charge in [-0.05, 0) is 46.5 Å². The molecule has 0 saturated heterocycles. The van der Waals surface area contributed by atoms with Crippen LogP contribution in [0.1, 0.15) is 43.0 Å². The van der Waals surface area contributed by atoms with E-state index in [4.69, 9.17) is 23.2 Å². The fourth-order valence-electron chi connectivity index (χ4n) is 7.32. The molecule has 1 fully saturated rings. The number of Topliss-reactive ketones (excluding diaryl/α,β-unsaturated/α-hetero) is 2. The molecule has 0 amide bonds. The van der Waals surface area contributed by atoms with Gasteiger partial charge in [0, 0.05) is 43.8 Å². The summed E-state index contributed by atoms with van der Waals surface area (Å²) in [6.07, 6.45) is 0. The van der Waals surface area contributed by atoms with Crippen molar-refractivity contribution in [2.45, 2.75) is 10.8 Å². The number of carbonyl (C=O) groups excluding carboxylic acids is 2. The first-order chi connectivity index (χ1) is 16.5. The van der Waals surface area contributed by atoms with Crippen molar-refractivity contribution in [2.75, 3.05) is 0 Å². The van der Waals surface area contributed by atoms with Crippen molar-refractivity contribution in [3.63, 3.8) is 0 Å². The monoisotopic (exact) mass is 480 g/mol. The Morgan fingerprint density at radius 1 is 0.500 bits per heavy atom. The average Bonchev–Trinajstić information content (AvgIpc) is 3.21. The molecule has 34 heavy (non-hydrogen) atoms. The van der Waals surface area contributed by atoms with Gasteiger partial charge in [0.15, 0.2) is 11.6 Å². The molecule has 4 aromatic rings. The molecule has 0 unspecified atom stereocenters. The lowest BCUT2D eigenvalue weighted by molar-refractivity contribution is 0.00359. The number of hydrogen-bond acceptors (Lipinski definition) is 2. The van der Waals surface area contributed by atoms with E-state index in [2.05, 4.69) is 12.1 Å². The van der Waals surface area contributed by atoms with Gasteiger partial charge in [-0.1, -0.05) is 96.0 Å². The molecule has 4 aromatic carbocycles. The number of rotatable bonds is 2. The molecule has 0 spiro atoms. The minimum absolute atomic E-state index is 0.0429. The predicted octanol–water partition coefficient (Wildman–Crippen LogP) is 6.90. The minimum atomic E-state index is -0.730. The fraction of sp³-hybridized carbons (Fsp3) is 0.133. The molecule has 1 saturated carbocycles. The Kier molecular flexibility index (Phi) is 3.97. The van der Waals surface area contributed by atoms with Gasteiger partial charge < -0.3 is 0 Å². The molecule has 4 atom stereocenters. The van der Waals surface area contributed by atoms with Gasteiger partial charge >= 0.3 is 0 Å². The molecule has 0 N–H and O–H groups in total. The predicted molar refractivity (Wildman–Crippen MR) is 133 cm³/mol. The van der Waals surface area contributed by atoms with Crippen molar-refractivity contribution in [3.05, 3.63) is 140 Å². The highest BCUT2D eigenvalue weighted by molar-refractivity contribution is 6.31. The van der Waals surface area contributed by atoms with Crippen LogP contribution in [-0.2, 0) is 10.8 Å². The van der Waals surface area contributed by atoms with E-state index in [0.29, 0.717) is 21.2 Å². The molecular formula is C30H18Cl2O2. The summed E-state index contributed by atoms with van der Waals surface area (Å²) in [5, 5.41) is 1.27. The smallest absolute Gasteiger partial charge is 0.168 e. The van der Waals surface area contributed by atoms with Crippen LogP contribution in [0.3, 0.4) is 0 Å². The van der Waals surface area contributed by atoms with Crippen LogP contribution >= 0.6 is 23.2 Å². The lowest BCUT2D eigenvalue weighted by atomic mass is 9.34. The Labute approximate surface area is 207 Å². The van der Waals surface area contributed by atoms with Gasteiger partial charge in [-0.3, -0.25) is 9.59 Å². The molecule has 0 radical (unpaired) electrons. The maximum atomic E-state index is 14.0. The van der Waals surface area contributed by atoms with Crippen molar-refractivity contribution in [2.24, 2.45) is 11.8 Å². The van der Waals surface area contributed by atoms with Crippen LogP contribution < -0.4 is 0 Å². The number of ketones is 2. The van der Waals surface area contributed by atoms with Crippen LogP contribution in [0.2, 0.25) is 10.0 Å². The third-order valence-corrected chi connectivity index (χ3v) is 8.79. The van der Waals surface area contributed by atoms with E-state index in [9.17, 15) is 9.59 Å². The van der Waals surface area contributed by atoms with Crippen LogP contribution in [-0.4, -0.2) is 11.6 Å². The number of carbonyl (C=O) groups is 2. The fourth-order valence-corrected chi connectivity index (χ4v) is 7.57. The second-order valence-electron chi connectivity index (χ2n) is 9.40. The zero-order valence-electron chi connectivity index (χ0n) is 18.0. The molecular weight excluding hydrogens is 463 g/mol. The van der Waals surface area contributed by atoms with Crippen LogP contribution in [0.5, 0.6) is 0 Å². The Morgan fingerprint density at radius 3 is 1.24 bits per heavy atom. The summed E-state index contributed by atoms with van der Waals surface area (Å²) in [4.78, 5) is 27.9. The van der Waals surface area contributed by atoms with Crippen molar-refractivity contribution in [1.29, 1.82) is 0 Å². The number of halogens is 2. The number of fused-ring (bicyclic) bond motifs is 8. The lowest BCUT2D eigenvalue weighted by Gasteiger charge is -2.64. The van der Waals surface area contributed by atoms with E-state index in [1.54, 1.807) is 0 Å². The number of hydrogen-bond donors (Lipinski definition) is 0. The first-order valence-electron chi connectivity index (χ1n) is 11.3. The molecule has 7 rings (SSSR count). The largest absolute Gasteiger partial charge is 0.294 e. The highest BCUT2D eigenvalue weighted by Gasteiger charge is 2.82. The summed E-state index contributed by atoms with van der Waals surface area (Å²) < 4.78 is 0. The molecule has 0 aliphatic heterocycles. The van der Waals surface area contributed by atoms with Gasteiger partial charge in [0.25, 0.3) is 0 Å². The molecule has 4 heteroatoms. The van der Waals surface area contributed by atoms with Gasteiger partial charge in [-0.25, -0.2) is 0 Å². The quantitative estimate of drug-likeness (QED) is 0.312. The highest BCUT2D eigenvalue weighted by atomic mass is 35.5. The van der Waals surface area contributed by atoms with Crippen molar-refractivity contribution in [1.82, 2.24) is 0 Å². The molecule has 2 nitrogen and oxygen atoms in total. The SMILES string of the molecule is O=C1c2ccccc2[C@]2(c3ccc(Cl)cc3)[C@H]1[C@@H]1C(=O)c3ccccc3[C@@]12c1ccc(Cl)cc1. The highest BCUT2D eigenvalue weighted by Crippen LogP contribution is 2.77. The Balaban J connectivity index is 1.68. The van der Waals surface area contributed by atoms with E-state index in [0.717, 1.165) is 22.3 Å². The Hall–Kier alpha value is -3.20. The van der Waals surface area contributed by atoms with E-state index < -0.39 is 22.7 Å². The van der Waals surface area contributed by atoms with E-state index >= 15 is 0 Å². The minimum Gasteiger partial charge on any atom is -0.294 e.